The van der Waals surface area contributed by atoms with Gasteiger partial charge in [0.15, 0.2) is 0 Å². The Hall–Kier alpha value is 0.260. The zero-order valence-corrected chi connectivity index (χ0v) is 14.5. The van der Waals surface area contributed by atoms with Crippen LogP contribution in [-0.4, -0.2) is 49.1 Å². The molecule has 1 aromatic rings. The first-order valence-electron chi connectivity index (χ1n) is 6.17. The topological polar surface area (TPSA) is 32.5 Å². The molecule has 0 atom stereocenters. The Balaban J connectivity index is 0. The van der Waals surface area contributed by atoms with E-state index in [-0.39, 0.29) is 37.2 Å². The van der Waals surface area contributed by atoms with Crippen LogP contribution < -0.4 is 5.73 Å². The molecule has 20 heavy (non-hydrogen) atoms. The van der Waals surface area contributed by atoms with Crippen molar-refractivity contribution in [3.8, 4) is 0 Å². The van der Waals surface area contributed by atoms with E-state index in [1.54, 1.807) is 0 Å². The SMILES string of the molecule is Cl.Cl.Cl.NCCN1CCN(Cc2ccc(Cl)cc2)CC1. The van der Waals surface area contributed by atoms with E-state index < -0.39 is 0 Å². The monoisotopic (exact) mass is 361 g/mol. The molecule has 1 aliphatic heterocycles. The normalized spacial score (nSPS) is 15.7. The van der Waals surface area contributed by atoms with E-state index in [9.17, 15) is 0 Å². The number of halogens is 4. The Morgan fingerprint density at radius 2 is 1.40 bits per heavy atom. The standard InChI is InChI=1S/C13H20ClN3.3ClH/c14-13-3-1-12(2-4-13)11-17-9-7-16(6-5-15)8-10-17;;;/h1-4H,5-11,15H2;3*1H. The zero-order valence-electron chi connectivity index (χ0n) is 11.3. The fourth-order valence-electron chi connectivity index (χ4n) is 2.20. The molecule has 0 radical (unpaired) electrons. The Kier molecular flexibility index (Phi) is 13.4. The van der Waals surface area contributed by atoms with Crippen LogP contribution in [0.2, 0.25) is 5.02 Å². The van der Waals surface area contributed by atoms with Gasteiger partial charge in [0.25, 0.3) is 0 Å². The summed E-state index contributed by atoms with van der Waals surface area (Å²) in [7, 11) is 0. The van der Waals surface area contributed by atoms with Crippen LogP contribution in [0.4, 0.5) is 0 Å². The van der Waals surface area contributed by atoms with Crippen molar-refractivity contribution in [1.29, 1.82) is 0 Å². The van der Waals surface area contributed by atoms with Crippen LogP contribution in [-0.2, 0) is 6.54 Å². The molecule has 1 heterocycles. The first kappa shape index (κ1) is 22.5. The maximum atomic E-state index is 5.88. The van der Waals surface area contributed by atoms with Gasteiger partial charge in [-0.3, -0.25) is 9.80 Å². The third-order valence-electron chi connectivity index (χ3n) is 3.23. The molecule has 3 nitrogen and oxygen atoms in total. The summed E-state index contributed by atoms with van der Waals surface area (Å²) in [6, 6.07) is 8.13. The summed E-state index contributed by atoms with van der Waals surface area (Å²) < 4.78 is 0. The molecule has 118 valence electrons. The Bertz CT molecular complexity index is 340. The Morgan fingerprint density at radius 1 is 0.900 bits per heavy atom. The van der Waals surface area contributed by atoms with Gasteiger partial charge in [-0.05, 0) is 17.7 Å². The van der Waals surface area contributed by atoms with Crippen molar-refractivity contribution in [2.75, 3.05) is 39.3 Å². The number of hydrogen-bond donors (Lipinski definition) is 1. The van der Waals surface area contributed by atoms with Crippen molar-refractivity contribution in [3.05, 3.63) is 34.9 Å². The predicted octanol–water partition coefficient (Wildman–Crippen LogP) is 2.68. The number of nitrogens with two attached hydrogens (primary N) is 1. The van der Waals surface area contributed by atoms with Gasteiger partial charge in [-0.1, -0.05) is 23.7 Å². The molecule has 1 fully saturated rings. The van der Waals surface area contributed by atoms with Gasteiger partial charge in [0, 0.05) is 50.8 Å². The molecule has 2 N–H and O–H groups in total. The van der Waals surface area contributed by atoms with Crippen LogP contribution in [0, 0.1) is 0 Å². The summed E-state index contributed by atoms with van der Waals surface area (Å²) in [5.74, 6) is 0. The average Bonchev–Trinajstić information content (AvgIpc) is 2.35. The molecule has 0 saturated carbocycles. The fraction of sp³-hybridized carbons (Fsp3) is 0.538. The molecule has 0 spiro atoms. The molecular weight excluding hydrogens is 340 g/mol. The smallest absolute Gasteiger partial charge is 0.0406 e. The van der Waals surface area contributed by atoms with Gasteiger partial charge in [0.1, 0.15) is 0 Å². The first-order valence-corrected chi connectivity index (χ1v) is 6.55. The number of hydrogen-bond acceptors (Lipinski definition) is 3. The van der Waals surface area contributed by atoms with E-state index in [2.05, 4.69) is 21.9 Å². The first-order chi connectivity index (χ1) is 8.28. The lowest BCUT2D eigenvalue weighted by atomic mass is 10.2. The van der Waals surface area contributed by atoms with Crippen LogP contribution in [0.5, 0.6) is 0 Å². The van der Waals surface area contributed by atoms with E-state index in [1.165, 1.54) is 5.56 Å². The summed E-state index contributed by atoms with van der Waals surface area (Å²) in [5, 5.41) is 0.807. The molecule has 0 bridgehead atoms. The lowest BCUT2D eigenvalue weighted by Gasteiger charge is -2.34. The van der Waals surface area contributed by atoms with Gasteiger partial charge in [-0.15, -0.1) is 37.2 Å². The van der Waals surface area contributed by atoms with Gasteiger partial charge < -0.3 is 5.73 Å². The minimum Gasteiger partial charge on any atom is -0.329 e. The Morgan fingerprint density at radius 3 is 1.90 bits per heavy atom. The molecule has 0 aromatic heterocycles. The van der Waals surface area contributed by atoms with Gasteiger partial charge in [-0.25, -0.2) is 0 Å². The lowest BCUT2D eigenvalue weighted by Crippen LogP contribution is -2.47. The van der Waals surface area contributed by atoms with Crippen molar-refractivity contribution in [3.63, 3.8) is 0 Å². The summed E-state index contributed by atoms with van der Waals surface area (Å²) >= 11 is 5.88. The van der Waals surface area contributed by atoms with Gasteiger partial charge >= 0.3 is 0 Å². The third kappa shape index (κ3) is 7.32. The summed E-state index contributed by atoms with van der Waals surface area (Å²) in [5.41, 5.74) is 6.90. The molecule has 7 heteroatoms. The zero-order chi connectivity index (χ0) is 12.1. The molecule has 1 saturated heterocycles. The number of nitrogens with zero attached hydrogens (tertiary/aromatic N) is 2. The van der Waals surface area contributed by atoms with Crippen molar-refractivity contribution in [1.82, 2.24) is 9.80 Å². The fourth-order valence-corrected chi connectivity index (χ4v) is 2.33. The van der Waals surface area contributed by atoms with Crippen molar-refractivity contribution < 1.29 is 0 Å². The van der Waals surface area contributed by atoms with Crippen LogP contribution in [0.3, 0.4) is 0 Å². The highest BCUT2D eigenvalue weighted by molar-refractivity contribution is 6.30. The second kappa shape index (κ2) is 11.9. The summed E-state index contributed by atoms with van der Waals surface area (Å²) in [4.78, 5) is 4.91. The predicted molar refractivity (Wildman–Crippen MR) is 94.0 cm³/mol. The highest BCUT2D eigenvalue weighted by Crippen LogP contribution is 2.12. The van der Waals surface area contributed by atoms with E-state index in [4.69, 9.17) is 17.3 Å². The molecule has 0 unspecified atom stereocenters. The van der Waals surface area contributed by atoms with E-state index in [0.29, 0.717) is 0 Å². The molecule has 2 rings (SSSR count). The number of piperazine rings is 1. The van der Waals surface area contributed by atoms with Crippen LogP contribution in [0.25, 0.3) is 0 Å². The third-order valence-corrected chi connectivity index (χ3v) is 3.48. The van der Waals surface area contributed by atoms with Crippen LogP contribution in [0.1, 0.15) is 5.56 Å². The second-order valence-corrected chi connectivity index (χ2v) is 4.97. The van der Waals surface area contributed by atoms with Crippen LogP contribution >= 0.6 is 48.8 Å². The van der Waals surface area contributed by atoms with E-state index >= 15 is 0 Å². The minimum atomic E-state index is 0. The second-order valence-electron chi connectivity index (χ2n) is 4.53. The number of rotatable bonds is 4. The molecular formula is C13H23Cl4N3. The summed E-state index contributed by atoms with van der Waals surface area (Å²) in [6.07, 6.45) is 0. The highest BCUT2D eigenvalue weighted by Gasteiger charge is 2.15. The largest absolute Gasteiger partial charge is 0.329 e. The van der Waals surface area contributed by atoms with Crippen LogP contribution in [0.15, 0.2) is 24.3 Å². The van der Waals surface area contributed by atoms with Crippen molar-refractivity contribution in [2.45, 2.75) is 6.54 Å². The van der Waals surface area contributed by atoms with Gasteiger partial charge in [0.05, 0.1) is 0 Å². The van der Waals surface area contributed by atoms with E-state index in [1.807, 2.05) is 12.1 Å². The quantitative estimate of drug-likeness (QED) is 0.893. The van der Waals surface area contributed by atoms with E-state index in [0.717, 1.165) is 50.8 Å². The Labute approximate surface area is 145 Å². The van der Waals surface area contributed by atoms with Gasteiger partial charge in [-0.2, -0.15) is 0 Å². The maximum Gasteiger partial charge on any atom is 0.0406 e. The minimum absolute atomic E-state index is 0. The maximum absolute atomic E-state index is 5.88. The molecule has 1 aliphatic rings. The molecule has 0 amide bonds. The average molecular weight is 363 g/mol. The number of benzene rings is 1. The highest BCUT2D eigenvalue weighted by atomic mass is 35.5. The van der Waals surface area contributed by atoms with Crippen molar-refractivity contribution in [2.24, 2.45) is 5.73 Å². The van der Waals surface area contributed by atoms with Crippen molar-refractivity contribution >= 4 is 48.8 Å². The molecule has 0 aliphatic carbocycles. The lowest BCUT2D eigenvalue weighted by molar-refractivity contribution is 0.130. The summed E-state index contributed by atoms with van der Waals surface area (Å²) in [6.45, 7) is 7.32. The van der Waals surface area contributed by atoms with Gasteiger partial charge in [0.2, 0.25) is 0 Å². The molecule has 1 aromatic carbocycles.